The summed E-state index contributed by atoms with van der Waals surface area (Å²) in [5, 5.41) is 15.4. The molecule has 3 N–H and O–H groups in total. The number of benzene rings is 3. The molecule has 11 heteroatoms. The van der Waals surface area contributed by atoms with Gasteiger partial charge >= 0.3 is 6.03 Å². The van der Waals surface area contributed by atoms with E-state index in [9.17, 15) is 23.1 Å². The smallest absolute Gasteiger partial charge is 0.323 e. The van der Waals surface area contributed by atoms with E-state index in [1.165, 1.54) is 11.4 Å². The highest BCUT2D eigenvalue weighted by atomic mass is 32.2. The van der Waals surface area contributed by atoms with Crippen molar-refractivity contribution in [3.8, 4) is 5.75 Å². The third-order valence-corrected chi connectivity index (χ3v) is 9.21. The molecule has 10 nitrogen and oxygen atoms in total. The largest absolute Gasteiger partial charge is 0.488 e. The number of carbonyl (C=O) groups is 2. The maximum absolute atomic E-state index is 13.5. The molecule has 3 aromatic rings. The lowest BCUT2D eigenvalue weighted by molar-refractivity contribution is -0.134. The monoisotopic (exact) mass is 594 g/mol. The number of aliphatic hydroxyl groups excluding tert-OH is 1. The average molecular weight is 595 g/mol. The van der Waals surface area contributed by atoms with Gasteiger partial charge < -0.3 is 25.4 Å². The number of nitrogens with one attached hydrogen (secondary N) is 2. The van der Waals surface area contributed by atoms with Crippen LogP contribution in [0.1, 0.15) is 25.0 Å². The Labute approximate surface area is 247 Å². The zero-order valence-electron chi connectivity index (χ0n) is 24.3. The molecule has 0 spiro atoms. The zero-order valence-corrected chi connectivity index (χ0v) is 25.1. The predicted molar refractivity (Wildman–Crippen MR) is 162 cm³/mol. The molecule has 0 radical (unpaired) electrons. The standard InChI is InChI=1S/C31H38N4O6S/c1-21-10-13-27(14-11-21)42(39,40)34(4)19-29-22(2)18-35(23(3)20-36)30(37)17-24-16-26(12-15-28(24)41-29)33-31(38)32-25-8-6-5-7-9-25/h5-16,22-23,29,36H,17-20H2,1-4H3,(H2,32,33,38)/t22-,23+,29+/m0/s1. The molecule has 1 heterocycles. The number of para-hydroxylation sites is 1. The molecule has 0 aromatic heterocycles. The van der Waals surface area contributed by atoms with E-state index < -0.39 is 28.2 Å². The third kappa shape index (κ3) is 7.47. The van der Waals surface area contributed by atoms with Gasteiger partial charge in [0.1, 0.15) is 11.9 Å². The lowest BCUT2D eigenvalue weighted by atomic mass is 10.0. The van der Waals surface area contributed by atoms with Crippen LogP contribution in [0, 0.1) is 12.8 Å². The van der Waals surface area contributed by atoms with Crippen molar-refractivity contribution in [2.75, 3.05) is 37.4 Å². The van der Waals surface area contributed by atoms with Crippen molar-refractivity contribution in [2.24, 2.45) is 5.92 Å². The molecule has 0 fully saturated rings. The van der Waals surface area contributed by atoms with Crippen molar-refractivity contribution in [3.05, 3.63) is 83.9 Å². The molecular weight excluding hydrogens is 556 g/mol. The molecule has 0 unspecified atom stereocenters. The van der Waals surface area contributed by atoms with Crippen LogP contribution >= 0.6 is 0 Å². The molecule has 0 aliphatic carbocycles. The molecule has 224 valence electrons. The van der Waals surface area contributed by atoms with E-state index in [1.807, 2.05) is 32.0 Å². The molecule has 3 amide bonds. The van der Waals surface area contributed by atoms with Gasteiger partial charge in [-0.3, -0.25) is 4.79 Å². The number of urea groups is 1. The van der Waals surface area contributed by atoms with Crippen molar-refractivity contribution in [1.82, 2.24) is 9.21 Å². The van der Waals surface area contributed by atoms with Crippen LogP contribution < -0.4 is 15.4 Å². The fraction of sp³-hybridized carbons (Fsp3) is 0.355. The van der Waals surface area contributed by atoms with E-state index in [1.54, 1.807) is 66.4 Å². The first-order valence-electron chi connectivity index (χ1n) is 13.8. The molecule has 3 atom stereocenters. The second kappa shape index (κ2) is 13.4. The van der Waals surface area contributed by atoms with Gasteiger partial charge in [-0.2, -0.15) is 4.31 Å². The third-order valence-electron chi connectivity index (χ3n) is 7.37. The number of sulfonamides is 1. The summed E-state index contributed by atoms with van der Waals surface area (Å²) in [6, 6.07) is 19.8. The first-order chi connectivity index (χ1) is 20.0. The van der Waals surface area contributed by atoms with E-state index in [2.05, 4.69) is 10.6 Å². The average Bonchev–Trinajstić information content (AvgIpc) is 3.00. The summed E-state index contributed by atoms with van der Waals surface area (Å²) in [6.45, 7) is 5.63. The number of likely N-dealkylation sites (N-methyl/N-ethyl adjacent to an activating group) is 1. The second-order valence-electron chi connectivity index (χ2n) is 10.8. The van der Waals surface area contributed by atoms with Crippen molar-refractivity contribution in [2.45, 2.75) is 44.2 Å². The Morgan fingerprint density at radius 3 is 2.40 bits per heavy atom. The van der Waals surface area contributed by atoms with E-state index in [0.717, 1.165) is 5.56 Å². The zero-order chi connectivity index (χ0) is 30.4. The van der Waals surface area contributed by atoms with E-state index in [4.69, 9.17) is 4.74 Å². The Morgan fingerprint density at radius 1 is 1.07 bits per heavy atom. The highest BCUT2D eigenvalue weighted by molar-refractivity contribution is 7.89. The topological polar surface area (TPSA) is 128 Å². The van der Waals surface area contributed by atoms with Gasteiger partial charge in [0.25, 0.3) is 0 Å². The highest BCUT2D eigenvalue weighted by Gasteiger charge is 2.33. The van der Waals surface area contributed by atoms with Gasteiger partial charge in [-0.1, -0.05) is 42.8 Å². The lowest BCUT2D eigenvalue weighted by Gasteiger charge is -2.33. The number of anilines is 2. The number of amides is 3. The minimum Gasteiger partial charge on any atom is -0.488 e. The molecule has 0 saturated carbocycles. The van der Waals surface area contributed by atoms with Crippen LogP contribution in [0.4, 0.5) is 16.2 Å². The maximum Gasteiger partial charge on any atom is 0.323 e. The van der Waals surface area contributed by atoms with Crippen LogP contribution in [-0.2, 0) is 21.2 Å². The number of rotatable bonds is 8. The van der Waals surface area contributed by atoms with Gasteiger partial charge in [0, 0.05) is 36.4 Å². The number of hydrogen-bond donors (Lipinski definition) is 3. The Bertz CT molecular complexity index is 1500. The van der Waals surface area contributed by atoms with Crippen molar-refractivity contribution in [3.63, 3.8) is 0 Å². The van der Waals surface area contributed by atoms with E-state index in [0.29, 0.717) is 22.7 Å². The quantitative estimate of drug-likeness (QED) is 0.360. The summed E-state index contributed by atoms with van der Waals surface area (Å²) in [5.74, 6) is -0.0618. The maximum atomic E-state index is 13.5. The first kappa shape index (κ1) is 31.0. The Balaban J connectivity index is 1.62. The number of hydrogen-bond acceptors (Lipinski definition) is 6. The number of fused-ring (bicyclic) bond motifs is 1. The molecular formula is C31H38N4O6S. The van der Waals surface area contributed by atoms with Crippen LogP contribution in [-0.4, -0.2) is 73.6 Å². The van der Waals surface area contributed by atoms with Crippen LogP contribution in [0.3, 0.4) is 0 Å². The first-order valence-corrected chi connectivity index (χ1v) is 15.3. The van der Waals surface area contributed by atoms with Crippen molar-refractivity contribution >= 4 is 33.3 Å². The Kier molecular flexibility index (Phi) is 9.87. The van der Waals surface area contributed by atoms with Gasteiger partial charge in [-0.15, -0.1) is 0 Å². The number of carbonyl (C=O) groups excluding carboxylic acids is 2. The van der Waals surface area contributed by atoms with Gasteiger partial charge in [0.05, 0.1) is 30.5 Å². The predicted octanol–water partition coefficient (Wildman–Crippen LogP) is 4.11. The minimum atomic E-state index is -3.80. The number of aryl methyl sites for hydroxylation is 1. The molecule has 0 bridgehead atoms. The molecule has 1 aliphatic heterocycles. The van der Waals surface area contributed by atoms with Gasteiger partial charge in [-0.05, 0) is 56.3 Å². The molecule has 42 heavy (non-hydrogen) atoms. The van der Waals surface area contributed by atoms with E-state index >= 15 is 0 Å². The number of ether oxygens (including phenoxy) is 1. The van der Waals surface area contributed by atoms with Crippen molar-refractivity contribution in [1.29, 1.82) is 0 Å². The van der Waals surface area contributed by atoms with Gasteiger partial charge in [-0.25, -0.2) is 13.2 Å². The summed E-state index contributed by atoms with van der Waals surface area (Å²) >= 11 is 0. The number of aliphatic hydroxyl groups is 1. The minimum absolute atomic E-state index is 0.0214. The van der Waals surface area contributed by atoms with Gasteiger partial charge in [0.15, 0.2) is 0 Å². The normalized spacial score (nSPS) is 18.2. The summed E-state index contributed by atoms with van der Waals surface area (Å²) < 4.78 is 34.4. The van der Waals surface area contributed by atoms with Crippen molar-refractivity contribution < 1.29 is 27.9 Å². The highest BCUT2D eigenvalue weighted by Crippen LogP contribution is 2.30. The SMILES string of the molecule is Cc1ccc(S(=O)(=O)N(C)C[C@H]2Oc3ccc(NC(=O)Nc4ccccc4)cc3CC(=O)N([C@H](C)CO)C[C@@H]2C)cc1. The summed E-state index contributed by atoms with van der Waals surface area (Å²) in [5.41, 5.74) is 2.58. The molecule has 4 rings (SSSR count). The Morgan fingerprint density at radius 2 is 1.74 bits per heavy atom. The van der Waals surface area contributed by atoms with E-state index in [-0.39, 0.29) is 42.8 Å². The van der Waals surface area contributed by atoms with Gasteiger partial charge in [0.2, 0.25) is 15.9 Å². The second-order valence-corrected chi connectivity index (χ2v) is 12.8. The molecule has 3 aromatic carbocycles. The van der Waals surface area contributed by atoms with Crippen LogP contribution in [0.5, 0.6) is 5.75 Å². The van der Waals surface area contributed by atoms with Crippen LogP contribution in [0.25, 0.3) is 0 Å². The molecule has 1 aliphatic rings. The fourth-order valence-corrected chi connectivity index (χ4v) is 5.96. The Hall–Kier alpha value is -3.93. The van der Waals surface area contributed by atoms with Crippen LogP contribution in [0.15, 0.2) is 77.7 Å². The summed E-state index contributed by atoms with van der Waals surface area (Å²) in [7, 11) is -2.29. The summed E-state index contributed by atoms with van der Waals surface area (Å²) in [4.78, 5) is 27.8. The summed E-state index contributed by atoms with van der Waals surface area (Å²) in [6.07, 6.45) is -0.639. The fourth-order valence-electron chi connectivity index (χ4n) is 4.78. The lowest BCUT2D eigenvalue weighted by Crippen LogP contribution is -2.48. The number of nitrogens with zero attached hydrogens (tertiary/aromatic N) is 2. The van der Waals surface area contributed by atoms with Crippen LogP contribution in [0.2, 0.25) is 0 Å². The molecule has 0 saturated heterocycles.